The molecule has 0 saturated carbocycles. The molecule has 4 rings (SSSR count). The summed E-state index contributed by atoms with van der Waals surface area (Å²) in [6, 6.07) is 7.74. The number of aryl methyl sites for hydroxylation is 4. The maximum atomic E-state index is 12.9. The van der Waals surface area contributed by atoms with Gasteiger partial charge in [-0.3, -0.25) is 25.2 Å². The number of hydrogen-bond acceptors (Lipinski definition) is 4. The van der Waals surface area contributed by atoms with Crippen LogP contribution in [0.2, 0.25) is 0 Å². The zero-order valence-corrected chi connectivity index (χ0v) is 18.2. The van der Waals surface area contributed by atoms with E-state index in [1.54, 1.807) is 4.90 Å². The number of amides is 3. The largest absolute Gasteiger partial charge is 0.338 e. The van der Waals surface area contributed by atoms with Gasteiger partial charge >= 0.3 is 0 Å². The van der Waals surface area contributed by atoms with E-state index >= 15 is 0 Å². The Labute approximate surface area is 180 Å². The van der Waals surface area contributed by atoms with E-state index in [1.165, 1.54) is 21.8 Å². The Morgan fingerprint density at radius 1 is 1.00 bits per heavy atom. The maximum absolute atomic E-state index is 12.9. The first-order chi connectivity index (χ1) is 14.4. The molecule has 0 spiro atoms. The van der Waals surface area contributed by atoms with Crippen molar-refractivity contribution in [3.8, 4) is 0 Å². The number of likely N-dealkylation sites (tertiary alicyclic amines) is 1. The smallest absolute Gasteiger partial charge is 0.279 e. The molecule has 1 atom stereocenters. The summed E-state index contributed by atoms with van der Waals surface area (Å²) in [4.78, 5) is 41.6. The molecule has 6 nitrogen and oxygen atoms in total. The van der Waals surface area contributed by atoms with Gasteiger partial charge in [0.1, 0.15) is 0 Å². The molecule has 1 saturated heterocycles. The van der Waals surface area contributed by atoms with E-state index in [0.717, 1.165) is 36.8 Å². The highest BCUT2D eigenvalue weighted by molar-refractivity contribution is 7.14. The third-order valence-electron chi connectivity index (χ3n) is 5.82. The average Bonchev–Trinajstić information content (AvgIpc) is 3.33. The SMILES string of the molecule is Cc1cc(C)cc(C(=O)N2CCC[C@@H](C(=O)NNC(=O)c3cc4c(s3)CCC4)C2)c1. The van der Waals surface area contributed by atoms with E-state index in [-0.39, 0.29) is 23.6 Å². The molecule has 1 fully saturated rings. The van der Waals surface area contributed by atoms with E-state index in [0.29, 0.717) is 30.0 Å². The number of benzene rings is 1. The van der Waals surface area contributed by atoms with Gasteiger partial charge in [0.2, 0.25) is 5.91 Å². The van der Waals surface area contributed by atoms with Crippen molar-refractivity contribution in [1.29, 1.82) is 0 Å². The first kappa shape index (κ1) is 20.6. The van der Waals surface area contributed by atoms with Crippen molar-refractivity contribution in [3.05, 3.63) is 56.3 Å². The summed E-state index contributed by atoms with van der Waals surface area (Å²) in [7, 11) is 0. The van der Waals surface area contributed by atoms with Crippen LogP contribution >= 0.6 is 11.3 Å². The molecular formula is C23H27N3O3S. The molecule has 1 aliphatic heterocycles. The molecule has 1 aromatic carbocycles. The molecule has 2 aromatic rings. The summed E-state index contributed by atoms with van der Waals surface area (Å²) < 4.78 is 0. The van der Waals surface area contributed by atoms with Crippen LogP contribution in [0.25, 0.3) is 0 Å². The Kier molecular flexibility index (Phi) is 5.90. The molecular weight excluding hydrogens is 398 g/mol. The number of hydrazine groups is 1. The predicted molar refractivity (Wildman–Crippen MR) is 116 cm³/mol. The molecule has 1 aliphatic carbocycles. The molecule has 3 amide bonds. The summed E-state index contributed by atoms with van der Waals surface area (Å²) in [5.74, 6) is -0.897. The number of carbonyl (C=O) groups is 3. The second kappa shape index (κ2) is 8.60. The molecule has 2 aliphatic rings. The first-order valence-electron chi connectivity index (χ1n) is 10.5. The number of hydrogen-bond donors (Lipinski definition) is 2. The molecule has 158 valence electrons. The third kappa shape index (κ3) is 4.41. The van der Waals surface area contributed by atoms with Crippen molar-refractivity contribution in [1.82, 2.24) is 15.8 Å². The molecule has 7 heteroatoms. The lowest BCUT2D eigenvalue weighted by atomic mass is 9.96. The molecule has 0 unspecified atom stereocenters. The van der Waals surface area contributed by atoms with Crippen molar-refractivity contribution in [2.75, 3.05) is 13.1 Å². The van der Waals surface area contributed by atoms with Gasteiger partial charge in [0, 0.05) is 23.5 Å². The average molecular weight is 426 g/mol. The highest BCUT2D eigenvalue weighted by Crippen LogP contribution is 2.30. The summed E-state index contributed by atoms with van der Waals surface area (Å²) in [6.07, 6.45) is 4.68. The van der Waals surface area contributed by atoms with Crippen LogP contribution < -0.4 is 10.9 Å². The van der Waals surface area contributed by atoms with Gasteiger partial charge in [0.15, 0.2) is 0 Å². The van der Waals surface area contributed by atoms with Crippen molar-refractivity contribution >= 4 is 29.1 Å². The first-order valence-corrected chi connectivity index (χ1v) is 11.3. The monoisotopic (exact) mass is 425 g/mol. The molecule has 0 bridgehead atoms. The Morgan fingerprint density at radius 2 is 1.77 bits per heavy atom. The van der Waals surface area contributed by atoms with Gasteiger partial charge in [-0.25, -0.2) is 0 Å². The lowest BCUT2D eigenvalue weighted by molar-refractivity contribution is -0.127. The van der Waals surface area contributed by atoms with E-state index in [4.69, 9.17) is 0 Å². The molecule has 0 radical (unpaired) electrons. The van der Waals surface area contributed by atoms with Crippen LogP contribution in [0.4, 0.5) is 0 Å². The summed E-state index contributed by atoms with van der Waals surface area (Å²) in [5.41, 5.74) is 9.12. The van der Waals surface area contributed by atoms with Gasteiger partial charge in [-0.05, 0) is 69.7 Å². The Balaban J connectivity index is 1.33. The minimum absolute atomic E-state index is 0.0450. The van der Waals surface area contributed by atoms with Gasteiger partial charge in [-0.1, -0.05) is 17.2 Å². The predicted octanol–water partition coefficient (Wildman–Crippen LogP) is 3.17. The second-order valence-electron chi connectivity index (χ2n) is 8.32. The number of piperidine rings is 1. The normalized spacial score (nSPS) is 18.1. The third-order valence-corrected chi connectivity index (χ3v) is 7.05. The molecule has 2 heterocycles. The highest BCUT2D eigenvalue weighted by Gasteiger charge is 2.29. The molecule has 1 aromatic heterocycles. The number of carbonyl (C=O) groups excluding carboxylic acids is 3. The minimum Gasteiger partial charge on any atom is -0.338 e. The van der Waals surface area contributed by atoms with E-state index in [9.17, 15) is 14.4 Å². The Morgan fingerprint density at radius 3 is 2.50 bits per heavy atom. The zero-order valence-electron chi connectivity index (χ0n) is 17.4. The molecule has 2 N–H and O–H groups in total. The summed E-state index contributed by atoms with van der Waals surface area (Å²) >= 11 is 1.51. The van der Waals surface area contributed by atoms with Gasteiger partial charge in [0.25, 0.3) is 11.8 Å². The van der Waals surface area contributed by atoms with Crippen molar-refractivity contribution < 1.29 is 14.4 Å². The van der Waals surface area contributed by atoms with Gasteiger partial charge in [-0.15, -0.1) is 11.3 Å². The fourth-order valence-electron chi connectivity index (χ4n) is 4.38. The van der Waals surface area contributed by atoms with E-state index in [2.05, 4.69) is 10.9 Å². The van der Waals surface area contributed by atoms with Crippen LogP contribution in [0.15, 0.2) is 24.3 Å². The number of fused-ring (bicyclic) bond motifs is 1. The van der Waals surface area contributed by atoms with Gasteiger partial charge < -0.3 is 4.90 Å². The van der Waals surface area contributed by atoms with Gasteiger partial charge in [0.05, 0.1) is 10.8 Å². The van der Waals surface area contributed by atoms with Crippen LogP contribution in [0, 0.1) is 19.8 Å². The number of thiophene rings is 1. The van der Waals surface area contributed by atoms with Crippen LogP contribution in [-0.2, 0) is 17.6 Å². The van der Waals surface area contributed by atoms with Crippen LogP contribution in [-0.4, -0.2) is 35.7 Å². The number of nitrogens with zero attached hydrogens (tertiary/aromatic N) is 1. The Hall–Kier alpha value is -2.67. The highest BCUT2D eigenvalue weighted by atomic mass is 32.1. The maximum Gasteiger partial charge on any atom is 0.279 e. The van der Waals surface area contributed by atoms with Crippen molar-refractivity contribution in [3.63, 3.8) is 0 Å². The van der Waals surface area contributed by atoms with Crippen LogP contribution in [0.1, 0.15) is 60.9 Å². The molecule has 30 heavy (non-hydrogen) atoms. The van der Waals surface area contributed by atoms with Gasteiger partial charge in [-0.2, -0.15) is 0 Å². The quantitative estimate of drug-likeness (QED) is 0.742. The number of rotatable bonds is 3. The zero-order chi connectivity index (χ0) is 21.3. The summed E-state index contributed by atoms with van der Waals surface area (Å²) in [5, 5.41) is 0. The van der Waals surface area contributed by atoms with Crippen molar-refractivity contribution in [2.24, 2.45) is 5.92 Å². The minimum atomic E-state index is -0.331. The lowest BCUT2D eigenvalue weighted by Crippen LogP contribution is -2.50. The fraction of sp³-hybridized carbons (Fsp3) is 0.435. The fourth-order valence-corrected chi connectivity index (χ4v) is 5.53. The van der Waals surface area contributed by atoms with E-state index in [1.807, 2.05) is 38.1 Å². The lowest BCUT2D eigenvalue weighted by Gasteiger charge is -2.32. The Bertz CT molecular complexity index is 956. The van der Waals surface area contributed by atoms with Crippen LogP contribution in [0.3, 0.4) is 0 Å². The topological polar surface area (TPSA) is 78.5 Å². The standard InChI is InChI=1S/C23H27N3O3S/c1-14-9-15(2)11-18(10-14)23(29)26-8-4-6-17(13-26)21(27)24-25-22(28)20-12-16-5-3-7-19(16)30-20/h9-12,17H,3-8,13H2,1-2H3,(H,24,27)(H,25,28)/t17-/m1/s1. The number of nitrogens with one attached hydrogen (secondary N) is 2. The van der Waals surface area contributed by atoms with Crippen LogP contribution in [0.5, 0.6) is 0 Å². The van der Waals surface area contributed by atoms with Crippen molar-refractivity contribution in [2.45, 2.75) is 46.0 Å². The van der Waals surface area contributed by atoms with E-state index < -0.39 is 0 Å². The summed E-state index contributed by atoms with van der Waals surface area (Å²) in [6.45, 7) is 4.95. The second-order valence-corrected chi connectivity index (χ2v) is 9.46.